The van der Waals surface area contributed by atoms with Crippen molar-refractivity contribution in [2.75, 3.05) is 37.7 Å². The zero-order chi connectivity index (χ0) is 13.7. The number of aromatic nitrogens is 2. The fourth-order valence-corrected chi connectivity index (χ4v) is 2.27. The van der Waals surface area contributed by atoms with E-state index < -0.39 is 0 Å². The predicted octanol–water partition coefficient (Wildman–Crippen LogP) is 1.41. The van der Waals surface area contributed by atoms with Crippen LogP contribution in [0.15, 0.2) is 12.4 Å². The lowest BCUT2D eigenvalue weighted by atomic mass is 10.1. The minimum absolute atomic E-state index is 0.351. The predicted molar refractivity (Wildman–Crippen MR) is 76.6 cm³/mol. The molecule has 0 radical (unpaired) electrons. The van der Waals surface area contributed by atoms with Crippen LogP contribution in [0.3, 0.4) is 0 Å². The number of anilines is 1. The van der Waals surface area contributed by atoms with Gasteiger partial charge in [0.25, 0.3) is 0 Å². The second kappa shape index (κ2) is 6.82. The van der Waals surface area contributed by atoms with Gasteiger partial charge in [-0.2, -0.15) is 0 Å². The first kappa shape index (κ1) is 14.2. The molecule has 2 rings (SSSR count). The summed E-state index contributed by atoms with van der Waals surface area (Å²) in [7, 11) is 0. The molecule has 106 valence electrons. The van der Waals surface area contributed by atoms with Gasteiger partial charge in [-0.3, -0.25) is 0 Å². The van der Waals surface area contributed by atoms with Gasteiger partial charge in [-0.1, -0.05) is 20.8 Å². The third-order valence-electron chi connectivity index (χ3n) is 3.42. The largest absolute Gasteiger partial charge is 0.377 e. The standard InChI is InChI=1S/C14H24N4O/c1-4-15-8-12-9-19-6-5-18(12)14-7-13(11(2)3)16-10-17-14/h7,10-12,15H,4-6,8-9H2,1-3H3. The number of hydrogen-bond donors (Lipinski definition) is 1. The number of rotatable bonds is 5. The van der Waals surface area contributed by atoms with Crippen molar-refractivity contribution in [3.8, 4) is 0 Å². The molecule has 1 aliphatic heterocycles. The van der Waals surface area contributed by atoms with Gasteiger partial charge < -0.3 is 15.0 Å². The van der Waals surface area contributed by atoms with E-state index in [9.17, 15) is 0 Å². The molecule has 0 aromatic carbocycles. The van der Waals surface area contributed by atoms with Crippen LogP contribution in [-0.2, 0) is 4.74 Å². The third kappa shape index (κ3) is 3.64. The van der Waals surface area contributed by atoms with E-state index in [1.165, 1.54) is 0 Å². The lowest BCUT2D eigenvalue weighted by molar-refractivity contribution is 0.0935. The highest BCUT2D eigenvalue weighted by molar-refractivity contribution is 5.41. The van der Waals surface area contributed by atoms with E-state index in [0.717, 1.165) is 44.4 Å². The Labute approximate surface area is 115 Å². The molecule has 1 aliphatic rings. The minimum Gasteiger partial charge on any atom is -0.377 e. The fraction of sp³-hybridized carbons (Fsp3) is 0.714. The van der Waals surface area contributed by atoms with Gasteiger partial charge in [-0.05, 0) is 12.5 Å². The lowest BCUT2D eigenvalue weighted by Gasteiger charge is -2.36. The van der Waals surface area contributed by atoms with Crippen LogP contribution >= 0.6 is 0 Å². The van der Waals surface area contributed by atoms with Gasteiger partial charge in [0, 0.05) is 24.8 Å². The molecule has 1 unspecified atom stereocenters. The number of nitrogens with zero attached hydrogens (tertiary/aromatic N) is 3. The molecule has 19 heavy (non-hydrogen) atoms. The van der Waals surface area contributed by atoms with E-state index in [-0.39, 0.29) is 0 Å². The topological polar surface area (TPSA) is 50.3 Å². The molecule has 1 aromatic heterocycles. The lowest BCUT2D eigenvalue weighted by Crippen LogP contribution is -2.51. The SMILES string of the molecule is CCNCC1COCCN1c1cc(C(C)C)ncn1. The quantitative estimate of drug-likeness (QED) is 0.871. The van der Waals surface area contributed by atoms with Crippen LogP contribution in [0.1, 0.15) is 32.4 Å². The van der Waals surface area contributed by atoms with Gasteiger partial charge in [0.15, 0.2) is 0 Å². The Morgan fingerprint density at radius 3 is 3.05 bits per heavy atom. The maximum absolute atomic E-state index is 5.58. The summed E-state index contributed by atoms with van der Waals surface area (Å²) in [5.74, 6) is 1.44. The molecule has 1 fully saturated rings. The summed E-state index contributed by atoms with van der Waals surface area (Å²) in [6.07, 6.45) is 1.67. The monoisotopic (exact) mass is 264 g/mol. The highest BCUT2D eigenvalue weighted by Crippen LogP contribution is 2.20. The number of likely N-dealkylation sites (N-methyl/N-ethyl adjacent to an activating group) is 1. The van der Waals surface area contributed by atoms with Crippen LogP contribution < -0.4 is 10.2 Å². The van der Waals surface area contributed by atoms with Crippen molar-refractivity contribution in [1.29, 1.82) is 0 Å². The number of hydrogen-bond acceptors (Lipinski definition) is 5. The molecular formula is C14H24N4O. The van der Waals surface area contributed by atoms with Crippen LogP contribution in [0.2, 0.25) is 0 Å². The van der Waals surface area contributed by atoms with Crippen molar-refractivity contribution < 1.29 is 4.74 Å². The molecule has 5 heteroatoms. The summed E-state index contributed by atoms with van der Waals surface area (Å²) < 4.78 is 5.58. The Morgan fingerprint density at radius 1 is 1.47 bits per heavy atom. The zero-order valence-corrected chi connectivity index (χ0v) is 12.1. The Hall–Kier alpha value is -1.20. The molecule has 0 bridgehead atoms. The minimum atomic E-state index is 0.351. The molecule has 1 atom stereocenters. The van der Waals surface area contributed by atoms with E-state index in [4.69, 9.17) is 4.74 Å². The Kier molecular flexibility index (Phi) is 5.10. The van der Waals surface area contributed by atoms with Crippen LogP contribution in [0.4, 0.5) is 5.82 Å². The van der Waals surface area contributed by atoms with E-state index in [0.29, 0.717) is 12.0 Å². The first-order valence-corrected chi connectivity index (χ1v) is 7.09. The third-order valence-corrected chi connectivity index (χ3v) is 3.42. The van der Waals surface area contributed by atoms with Crippen LogP contribution in [0, 0.1) is 0 Å². The summed E-state index contributed by atoms with van der Waals surface area (Å²) in [5.41, 5.74) is 1.10. The van der Waals surface area contributed by atoms with Gasteiger partial charge in [0.2, 0.25) is 0 Å². The van der Waals surface area contributed by atoms with E-state index in [1.807, 2.05) is 0 Å². The molecule has 0 amide bonds. The summed E-state index contributed by atoms with van der Waals surface area (Å²) in [5, 5.41) is 3.39. The van der Waals surface area contributed by atoms with E-state index in [2.05, 4.69) is 47.0 Å². The highest BCUT2D eigenvalue weighted by atomic mass is 16.5. The molecule has 0 saturated carbocycles. The van der Waals surface area contributed by atoms with Gasteiger partial charge in [-0.25, -0.2) is 9.97 Å². The first-order valence-electron chi connectivity index (χ1n) is 7.09. The maximum atomic E-state index is 5.58. The molecule has 1 N–H and O–H groups in total. The van der Waals surface area contributed by atoms with Crippen molar-refractivity contribution in [2.24, 2.45) is 0 Å². The second-order valence-electron chi connectivity index (χ2n) is 5.19. The Balaban J connectivity index is 2.14. The molecule has 0 spiro atoms. The normalized spacial score (nSPS) is 20.0. The average Bonchev–Trinajstić information content (AvgIpc) is 2.45. The van der Waals surface area contributed by atoms with Gasteiger partial charge in [-0.15, -0.1) is 0 Å². The second-order valence-corrected chi connectivity index (χ2v) is 5.19. The highest BCUT2D eigenvalue weighted by Gasteiger charge is 2.24. The van der Waals surface area contributed by atoms with Crippen LogP contribution in [0.5, 0.6) is 0 Å². The van der Waals surface area contributed by atoms with Crippen molar-refractivity contribution >= 4 is 5.82 Å². The first-order chi connectivity index (χ1) is 9.22. The molecule has 1 saturated heterocycles. The van der Waals surface area contributed by atoms with Gasteiger partial charge >= 0.3 is 0 Å². The van der Waals surface area contributed by atoms with Crippen molar-refractivity contribution in [3.05, 3.63) is 18.1 Å². The molecule has 2 heterocycles. The van der Waals surface area contributed by atoms with Crippen molar-refractivity contribution in [2.45, 2.75) is 32.7 Å². The maximum Gasteiger partial charge on any atom is 0.132 e. The smallest absolute Gasteiger partial charge is 0.132 e. The van der Waals surface area contributed by atoms with Gasteiger partial charge in [0.05, 0.1) is 19.3 Å². The fourth-order valence-electron chi connectivity index (χ4n) is 2.27. The number of nitrogens with one attached hydrogen (secondary N) is 1. The summed E-state index contributed by atoms with van der Waals surface area (Å²) >= 11 is 0. The Bertz CT molecular complexity index is 397. The summed E-state index contributed by atoms with van der Waals surface area (Å²) in [6.45, 7) is 10.8. The van der Waals surface area contributed by atoms with Gasteiger partial charge in [0.1, 0.15) is 12.1 Å². The Morgan fingerprint density at radius 2 is 2.32 bits per heavy atom. The average molecular weight is 264 g/mol. The number of morpholine rings is 1. The zero-order valence-electron chi connectivity index (χ0n) is 12.1. The van der Waals surface area contributed by atoms with E-state index >= 15 is 0 Å². The number of ether oxygens (including phenoxy) is 1. The van der Waals surface area contributed by atoms with Crippen molar-refractivity contribution in [3.63, 3.8) is 0 Å². The van der Waals surface area contributed by atoms with E-state index in [1.54, 1.807) is 6.33 Å². The van der Waals surface area contributed by atoms with Crippen LogP contribution in [0.25, 0.3) is 0 Å². The molecule has 1 aromatic rings. The summed E-state index contributed by atoms with van der Waals surface area (Å²) in [4.78, 5) is 11.1. The van der Waals surface area contributed by atoms with Crippen LogP contribution in [-0.4, -0.2) is 48.9 Å². The molecule has 5 nitrogen and oxygen atoms in total. The molecule has 0 aliphatic carbocycles. The molecular weight excluding hydrogens is 240 g/mol. The summed E-state index contributed by atoms with van der Waals surface area (Å²) in [6, 6.07) is 2.46. The van der Waals surface area contributed by atoms with Crippen molar-refractivity contribution in [1.82, 2.24) is 15.3 Å².